The quantitative estimate of drug-likeness (QED) is 0.794. The molecule has 2 N–H and O–H groups in total. The van der Waals surface area contributed by atoms with Gasteiger partial charge in [-0.1, -0.05) is 6.92 Å². The number of hydrogen-bond acceptors (Lipinski definition) is 4. The van der Waals surface area contributed by atoms with Gasteiger partial charge in [-0.15, -0.1) is 0 Å². The predicted octanol–water partition coefficient (Wildman–Crippen LogP) is 1.15. The molecule has 1 saturated heterocycles. The third kappa shape index (κ3) is 2.38. The highest BCUT2D eigenvalue weighted by atomic mass is 16.3. The van der Waals surface area contributed by atoms with E-state index in [1.54, 1.807) is 0 Å². The first kappa shape index (κ1) is 10.6. The summed E-state index contributed by atoms with van der Waals surface area (Å²) in [5.74, 6) is 1.56. The largest absolute Gasteiger partial charge is 0.448 e. The maximum Gasteiger partial charge on any atom is 0.181 e. The minimum absolute atomic E-state index is 0.297. The molecule has 4 nitrogen and oxygen atoms in total. The molecule has 2 unspecified atom stereocenters. The van der Waals surface area contributed by atoms with Crippen molar-refractivity contribution in [3.8, 4) is 0 Å². The Morgan fingerprint density at radius 2 is 2.47 bits per heavy atom. The summed E-state index contributed by atoms with van der Waals surface area (Å²) in [5, 5.41) is 0. The highest BCUT2D eigenvalue weighted by Gasteiger charge is 2.23. The number of rotatable bonds is 2. The summed E-state index contributed by atoms with van der Waals surface area (Å²) in [4.78, 5) is 6.56. The number of likely N-dealkylation sites (tertiary alicyclic amines) is 1. The molecule has 0 aliphatic carbocycles. The van der Waals surface area contributed by atoms with E-state index in [9.17, 15) is 0 Å². The van der Waals surface area contributed by atoms with E-state index < -0.39 is 0 Å². The summed E-state index contributed by atoms with van der Waals surface area (Å²) >= 11 is 0. The van der Waals surface area contributed by atoms with Crippen molar-refractivity contribution in [2.45, 2.75) is 32.9 Å². The highest BCUT2D eigenvalue weighted by Crippen LogP contribution is 2.18. The maximum absolute atomic E-state index is 6.05. The molecule has 0 amide bonds. The van der Waals surface area contributed by atoms with E-state index in [0.29, 0.717) is 12.0 Å². The van der Waals surface area contributed by atoms with Gasteiger partial charge in [0.15, 0.2) is 6.39 Å². The lowest BCUT2D eigenvalue weighted by Crippen LogP contribution is -2.47. The lowest BCUT2D eigenvalue weighted by Gasteiger charge is -2.34. The average Bonchev–Trinajstić information content (AvgIpc) is 2.59. The van der Waals surface area contributed by atoms with Crippen LogP contribution >= 0.6 is 0 Å². The average molecular weight is 209 g/mol. The molecule has 0 aromatic carbocycles. The molecule has 15 heavy (non-hydrogen) atoms. The third-order valence-corrected chi connectivity index (χ3v) is 3.32. The Bertz CT molecular complexity index is 323. The van der Waals surface area contributed by atoms with Crippen molar-refractivity contribution in [1.29, 1.82) is 0 Å². The van der Waals surface area contributed by atoms with Crippen LogP contribution in [0.2, 0.25) is 0 Å². The Morgan fingerprint density at radius 3 is 3.07 bits per heavy atom. The Hall–Kier alpha value is -0.870. The van der Waals surface area contributed by atoms with Gasteiger partial charge in [-0.2, -0.15) is 0 Å². The van der Waals surface area contributed by atoms with Gasteiger partial charge in [0.25, 0.3) is 0 Å². The molecular formula is C11H19N3O. The SMILES string of the molecule is Cc1ocnc1CN1CCC(C)C(N)C1. The number of piperidine rings is 1. The Balaban J connectivity index is 1.94. The van der Waals surface area contributed by atoms with Crippen molar-refractivity contribution in [2.24, 2.45) is 11.7 Å². The molecule has 1 aromatic heterocycles. The van der Waals surface area contributed by atoms with Crippen molar-refractivity contribution in [2.75, 3.05) is 13.1 Å². The van der Waals surface area contributed by atoms with Crippen LogP contribution in [0.5, 0.6) is 0 Å². The number of oxazole rings is 1. The van der Waals surface area contributed by atoms with Gasteiger partial charge in [0.2, 0.25) is 0 Å². The Kier molecular flexibility index (Phi) is 3.07. The zero-order valence-electron chi connectivity index (χ0n) is 9.44. The van der Waals surface area contributed by atoms with Crippen molar-refractivity contribution >= 4 is 0 Å². The summed E-state index contributed by atoms with van der Waals surface area (Å²) in [7, 11) is 0. The molecular weight excluding hydrogens is 190 g/mol. The Morgan fingerprint density at radius 1 is 1.67 bits per heavy atom. The molecule has 0 saturated carbocycles. The van der Waals surface area contributed by atoms with E-state index >= 15 is 0 Å². The molecule has 2 heterocycles. The van der Waals surface area contributed by atoms with Gasteiger partial charge in [-0.25, -0.2) is 4.98 Å². The molecule has 1 aliphatic heterocycles. The van der Waals surface area contributed by atoms with E-state index in [4.69, 9.17) is 10.2 Å². The number of nitrogens with zero attached hydrogens (tertiary/aromatic N) is 2. The van der Waals surface area contributed by atoms with Crippen LogP contribution in [0.1, 0.15) is 24.8 Å². The smallest absolute Gasteiger partial charge is 0.181 e. The molecule has 1 fully saturated rings. The van der Waals surface area contributed by atoms with Gasteiger partial charge in [-0.3, -0.25) is 4.90 Å². The Labute approximate surface area is 90.5 Å². The maximum atomic E-state index is 6.05. The summed E-state index contributed by atoms with van der Waals surface area (Å²) in [5.41, 5.74) is 7.09. The van der Waals surface area contributed by atoms with Gasteiger partial charge in [0.1, 0.15) is 5.76 Å². The minimum Gasteiger partial charge on any atom is -0.448 e. The van der Waals surface area contributed by atoms with Crippen LogP contribution in [0, 0.1) is 12.8 Å². The molecule has 4 heteroatoms. The normalized spacial score (nSPS) is 28.2. The van der Waals surface area contributed by atoms with Crippen molar-refractivity contribution < 1.29 is 4.42 Å². The number of aromatic nitrogens is 1. The summed E-state index contributed by atoms with van der Waals surface area (Å²) in [6.07, 6.45) is 2.69. The first-order valence-electron chi connectivity index (χ1n) is 5.53. The molecule has 2 atom stereocenters. The van der Waals surface area contributed by atoms with Crippen LogP contribution in [0.4, 0.5) is 0 Å². The zero-order valence-corrected chi connectivity index (χ0v) is 9.44. The molecule has 0 spiro atoms. The van der Waals surface area contributed by atoms with Crippen LogP contribution in [-0.4, -0.2) is 29.0 Å². The molecule has 84 valence electrons. The van der Waals surface area contributed by atoms with Gasteiger partial charge in [-0.05, 0) is 25.8 Å². The fourth-order valence-electron chi connectivity index (χ4n) is 2.01. The van der Waals surface area contributed by atoms with Crippen LogP contribution < -0.4 is 5.73 Å². The number of nitrogens with two attached hydrogens (primary N) is 1. The second-order valence-corrected chi connectivity index (χ2v) is 4.52. The number of hydrogen-bond donors (Lipinski definition) is 1. The topological polar surface area (TPSA) is 55.3 Å². The zero-order chi connectivity index (χ0) is 10.8. The second-order valence-electron chi connectivity index (χ2n) is 4.52. The van der Waals surface area contributed by atoms with Gasteiger partial charge in [0.05, 0.1) is 5.69 Å². The fourth-order valence-corrected chi connectivity index (χ4v) is 2.01. The third-order valence-electron chi connectivity index (χ3n) is 3.32. The van der Waals surface area contributed by atoms with E-state index in [0.717, 1.165) is 31.1 Å². The van der Waals surface area contributed by atoms with Crippen molar-refractivity contribution in [3.05, 3.63) is 17.8 Å². The van der Waals surface area contributed by atoms with Crippen LogP contribution in [0.25, 0.3) is 0 Å². The first-order valence-corrected chi connectivity index (χ1v) is 5.53. The lowest BCUT2D eigenvalue weighted by atomic mass is 9.94. The predicted molar refractivity (Wildman–Crippen MR) is 58.3 cm³/mol. The van der Waals surface area contributed by atoms with E-state index in [2.05, 4.69) is 16.8 Å². The molecule has 0 bridgehead atoms. The second kappa shape index (κ2) is 4.33. The lowest BCUT2D eigenvalue weighted by molar-refractivity contribution is 0.160. The number of aryl methyl sites for hydroxylation is 1. The standard InChI is InChI=1S/C11H19N3O/c1-8-3-4-14(5-10(8)12)6-11-9(2)15-7-13-11/h7-8,10H,3-6,12H2,1-2H3. The van der Waals surface area contributed by atoms with Gasteiger partial charge >= 0.3 is 0 Å². The van der Waals surface area contributed by atoms with Crippen molar-refractivity contribution in [1.82, 2.24) is 9.88 Å². The van der Waals surface area contributed by atoms with Gasteiger partial charge < -0.3 is 10.2 Å². The minimum atomic E-state index is 0.297. The fraction of sp³-hybridized carbons (Fsp3) is 0.727. The summed E-state index contributed by atoms with van der Waals surface area (Å²) < 4.78 is 5.18. The molecule has 1 aromatic rings. The van der Waals surface area contributed by atoms with Crippen LogP contribution in [0.3, 0.4) is 0 Å². The highest BCUT2D eigenvalue weighted by molar-refractivity contribution is 5.04. The van der Waals surface area contributed by atoms with Crippen LogP contribution in [0.15, 0.2) is 10.8 Å². The summed E-state index contributed by atoms with van der Waals surface area (Å²) in [6.45, 7) is 7.12. The van der Waals surface area contributed by atoms with Gasteiger partial charge in [0, 0.05) is 19.1 Å². The molecule has 2 rings (SSSR count). The molecule has 0 radical (unpaired) electrons. The first-order chi connectivity index (χ1) is 7.16. The van der Waals surface area contributed by atoms with E-state index in [-0.39, 0.29) is 0 Å². The summed E-state index contributed by atoms with van der Waals surface area (Å²) in [6, 6.07) is 0.297. The molecule has 1 aliphatic rings. The van der Waals surface area contributed by atoms with E-state index in [1.165, 1.54) is 12.8 Å². The van der Waals surface area contributed by atoms with Crippen LogP contribution in [-0.2, 0) is 6.54 Å². The monoisotopic (exact) mass is 209 g/mol. The van der Waals surface area contributed by atoms with E-state index in [1.807, 2.05) is 6.92 Å². The van der Waals surface area contributed by atoms with Crippen molar-refractivity contribution in [3.63, 3.8) is 0 Å².